The Morgan fingerprint density at radius 1 is 1.14 bits per heavy atom. The van der Waals surface area contributed by atoms with E-state index in [9.17, 15) is 0 Å². The van der Waals surface area contributed by atoms with Gasteiger partial charge in [-0.25, -0.2) is 4.68 Å². The van der Waals surface area contributed by atoms with E-state index in [0.717, 1.165) is 24.2 Å². The van der Waals surface area contributed by atoms with Gasteiger partial charge in [-0.05, 0) is 46.4 Å². The van der Waals surface area contributed by atoms with E-state index in [1.165, 1.54) is 24.2 Å². The number of nitrogens with zero attached hydrogens (tertiary/aromatic N) is 4. The molecule has 0 saturated heterocycles. The first-order valence-corrected chi connectivity index (χ1v) is 11.1. The number of hydrogen-bond donors (Lipinski definition) is 1. The van der Waals surface area contributed by atoms with Gasteiger partial charge in [-0.3, -0.25) is 0 Å². The number of halogens is 2. The molecule has 1 heterocycles. The summed E-state index contributed by atoms with van der Waals surface area (Å²) in [6.45, 7) is 6.65. The molecule has 0 amide bonds. The molecule has 2 aromatic rings. The van der Waals surface area contributed by atoms with Crippen LogP contribution in [0.3, 0.4) is 0 Å². The van der Waals surface area contributed by atoms with Crippen LogP contribution in [0.15, 0.2) is 24.3 Å². The maximum atomic E-state index is 6.38. The van der Waals surface area contributed by atoms with Gasteiger partial charge in [0.05, 0.1) is 20.1 Å². The van der Waals surface area contributed by atoms with E-state index in [0.29, 0.717) is 10.0 Å². The molecule has 1 aliphatic rings. The first-order valence-electron chi connectivity index (χ1n) is 10.4. The van der Waals surface area contributed by atoms with E-state index < -0.39 is 0 Å². The van der Waals surface area contributed by atoms with Gasteiger partial charge in [0.1, 0.15) is 0 Å². The van der Waals surface area contributed by atoms with Crippen LogP contribution in [0.5, 0.6) is 0 Å². The second-order valence-corrected chi connectivity index (χ2v) is 10.3. The average Bonchev–Trinajstić information content (AvgIpc) is 3.12. The van der Waals surface area contributed by atoms with Crippen molar-refractivity contribution in [3.8, 4) is 0 Å². The molecular weight excluding hydrogens is 405 g/mol. The van der Waals surface area contributed by atoms with E-state index >= 15 is 0 Å². The van der Waals surface area contributed by atoms with Crippen LogP contribution in [0.1, 0.15) is 70.3 Å². The lowest BCUT2D eigenvalue weighted by Gasteiger charge is -2.40. The van der Waals surface area contributed by atoms with Crippen LogP contribution in [0.25, 0.3) is 6.08 Å². The molecule has 1 aromatic heterocycles. The minimum atomic E-state index is -0.0724. The fourth-order valence-electron chi connectivity index (χ4n) is 4.37. The number of nitrogens with one attached hydrogen (secondary N) is 1. The number of rotatable bonds is 5. The highest BCUT2D eigenvalue weighted by atomic mass is 35.5. The topological polar surface area (TPSA) is 48.0 Å². The van der Waals surface area contributed by atoms with E-state index in [4.69, 9.17) is 23.2 Å². The number of aromatic nitrogens is 4. The molecule has 7 heteroatoms. The molecule has 1 aliphatic carbocycles. The predicted octanol–water partition coefficient (Wildman–Crippen LogP) is 4.58. The molecule has 1 atom stereocenters. The minimum absolute atomic E-state index is 0.00241. The summed E-state index contributed by atoms with van der Waals surface area (Å²) >= 11 is 12.4. The molecule has 1 aromatic carbocycles. The molecule has 0 spiro atoms. The molecule has 158 valence electrons. The fraction of sp³-hybridized carbons (Fsp3) is 0.591. The van der Waals surface area contributed by atoms with Crippen molar-refractivity contribution >= 4 is 29.3 Å². The van der Waals surface area contributed by atoms with Crippen LogP contribution in [0.2, 0.25) is 10.0 Å². The van der Waals surface area contributed by atoms with Crippen LogP contribution in [-0.2, 0) is 5.54 Å². The minimum Gasteiger partial charge on any atom is -0.329 e. The van der Waals surface area contributed by atoms with Crippen molar-refractivity contribution in [1.29, 1.82) is 0 Å². The maximum Gasteiger partial charge on any atom is 0.213 e. The van der Waals surface area contributed by atoms with Crippen molar-refractivity contribution < 1.29 is 4.90 Å². The van der Waals surface area contributed by atoms with E-state index in [1.807, 2.05) is 16.8 Å². The summed E-state index contributed by atoms with van der Waals surface area (Å²) in [5.74, 6) is 0.990. The van der Waals surface area contributed by atoms with Crippen molar-refractivity contribution in [2.75, 3.05) is 14.1 Å². The van der Waals surface area contributed by atoms with Crippen LogP contribution in [-0.4, -0.2) is 34.3 Å². The third-order valence-corrected chi connectivity index (χ3v) is 6.72. The zero-order valence-corrected chi connectivity index (χ0v) is 19.6. The summed E-state index contributed by atoms with van der Waals surface area (Å²) < 4.78 is 2.04. The van der Waals surface area contributed by atoms with Gasteiger partial charge in [-0.2, -0.15) is 0 Å². The van der Waals surface area contributed by atoms with Crippen molar-refractivity contribution in [3.05, 3.63) is 45.7 Å². The van der Waals surface area contributed by atoms with Crippen molar-refractivity contribution in [2.24, 2.45) is 5.41 Å². The quantitative estimate of drug-likeness (QED) is 0.745. The van der Waals surface area contributed by atoms with Crippen molar-refractivity contribution in [2.45, 2.75) is 64.5 Å². The smallest absolute Gasteiger partial charge is 0.213 e. The van der Waals surface area contributed by atoms with Gasteiger partial charge in [0.25, 0.3) is 0 Å². The van der Waals surface area contributed by atoms with Gasteiger partial charge in [-0.15, -0.1) is 5.10 Å². The van der Waals surface area contributed by atoms with Crippen molar-refractivity contribution in [3.63, 3.8) is 0 Å². The molecule has 3 rings (SSSR count). The Balaban J connectivity index is 2.03. The number of hydrogen-bond acceptors (Lipinski definition) is 3. The SMILES string of the molecule is C[NH+](C)C1(c2nnnn2[C@H](/C=C\c2ccc(Cl)cc2Cl)C(C)(C)C)CCCCC1. The third kappa shape index (κ3) is 4.68. The van der Waals surface area contributed by atoms with Crippen LogP contribution in [0.4, 0.5) is 0 Å². The summed E-state index contributed by atoms with van der Waals surface area (Å²) in [7, 11) is 4.44. The molecule has 5 nitrogen and oxygen atoms in total. The van der Waals surface area contributed by atoms with Crippen molar-refractivity contribution in [1.82, 2.24) is 20.2 Å². The highest BCUT2D eigenvalue weighted by Crippen LogP contribution is 2.38. The number of allylic oxidation sites excluding steroid dienone is 1. The predicted molar refractivity (Wildman–Crippen MR) is 119 cm³/mol. The zero-order valence-electron chi connectivity index (χ0n) is 18.0. The molecule has 0 aliphatic heterocycles. The number of tetrazole rings is 1. The normalized spacial score (nSPS) is 18.5. The standard InChI is InChI=1S/C22H31Cl2N5/c1-21(2,3)19(12-10-16-9-11-17(23)15-18(16)24)29-20(25-26-27-29)22(28(4)5)13-7-6-8-14-22/h9-12,15,19H,6-8,13-14H2,1-5H3/p+1/b12-10-/t19-/m1/s1. The Bertz CT molecular complexity index is 860. The van der Waals surface area contributed by atoms with E-state index in [2.05, 4.69) is 62.5 Å². The second-order valence-electron chi connectivity index (χ2n) is 9.43. The van der Waals surface area contributed by atoms with Crippen LogP contribution >= 0.6 is 23.2 Å². The largest absolute Gasteiger partial charge is 0.329 e. The molecule has 0 radical (unpaired) electrons. The highest BCUT2D eigenvalue weighted by molar-refractivity contribution is 6.35. The summed E-state index contributed by atoms with van der Waals surface area (Å²) in [5.41, 5.74) is 0.819. The Hall–Kier alpha value is -1.43. The van der Waals surface area contributed by atoms with Gasteiger partial charge < -0.3 is 4.90 Å². The lowest BCUT2D eigenvalue weighted by atomic mass is 9.79. The number of benzene rings is 1. The molecular formula is C22H32Cl2N5+. The maximum absolute atomic E-state index is 6.38. The monoisotopic (exact) mass is 436 g/mol. The molecule has 29 heavy (non-hydrogen) atoms. The summed E-state index contributed by atoms with van der Waals surface area (Å²) in [6.07, 6.45) is 10.2. The Morgan fingerprint density at radius 2 is 1.83 bits per heavy atom. The first-order chi connectivity index (χ1) is 13.6. The van der Waals surface area contributed by atoms with E-state index in [1.54, 1.807) is 6.07 Å². The van der Waals surface area contributed by atoms with Gasteiger partial charge in [0, 0.05) is 22.9 Å². The van der Waals surface area contributed by atoms with Gasteiger partial charge in [0.2, 0.25) is 5.82 Å². The highest BCUT2D eigenvalue weighted by Gasteiger charge is 2.46. The first kappa shape index (κ1) is 22.3. The van der Waals surface area contributed by atoms with Gasteiger partial charge in [0.15, 0.2) is 5.54 Å². The summed E-state index contributed by atoms with van der Waals surface area (Å²) in [4.78, 5) is 1.39. The molecule has 1 N–H and O–H groups in total. The summed E-state index contributed by atoms with van der Waals surface area (Å²) in [6, 6.07) is 5.56. The fourth-order valence-corrected chi connectivity index (χ4v) is 4.84. The lowest BCUT2D eigenvalue weighted by molar-refractivity contribution is -0.927. The van der Waals surface area contributed by atoms with Gasteiger partial charge in [-0.1, -0.05) is 68.6 Å². The number of quaternary nitrogens is 1. The molecule has 0 bridgehead atoms. The molecule has 1 saturated carbocycles. The Kier molecular flexibility index (Phi) is 6.71. The van der Waals surface area contributed by atoms with Crippen LogP contribution in [0, 0.1) is 5.41 Å². The average molecular weight is 437 g/mol. The zero-order chi connectivity index (χ0) is 21.2. The van der Waals surface area contributed by atoms with Gasteiger partial charge >= 0.3 is 0 Å². The van der Waals surface area contributed by atoms with E-state index in [-0.39, 0.29) is 17.0 Å². The Morgan fingerprint density at radius 3 is 2.41 bits per heavy atom. The molecule has 0 unspecified atom stereocenters. The Labute approximate surface area is 184 Å². The third-order valence-electron chi connectivity index (χ3n) is 6.16. The molecule has 1 fully saturated rings. The van der Waals surface area contributed by atoms with Crippen LogP contribution < -0.4 is 4.90 Å². The second kappa shape index (κ2) is 8.75. The summed E-state index contributed by atoms with van der Waals surface area (Å²) in [5, 5.41) is 14.4. The lowest BCUT2D eigenvalue weighted by Crippen LogP contribution is -3.14.